The van der Waals surface area contributed by atoms with Crippen LogP contribution in [0, 0.1) is 0 Å². The maximum absolute atomic E-state index is 5.83. The molecule has 3 rings (SSSR count). The first kappa shape index (κ1) is 12.1. The molecule has 0 bridgehead atoms. The number of hydrogen-bond acceptors (Lipinski definition) is 3. The quantitative estimate of drug-likeness (QED) is 0.698. The van der Waals surface area contributed by atoms with Gasteiger partial charge in [-0.3, -0.25) is 0 Å². The standard InChI is InChI=1S/C15H12ClNO2/c1-10(18-12-8-6-11(16)7-9-12)15-17-13-4-2-3-5-14(13)19-15/h2-10H,1H3. The summed E-state index contributed by atoms with van der Waals surface area (Å²) in [5, 5.41) is 0.682. The Morgan fingerprint density at radius 1 is 1.11 bits per heavy atom. The van der Waals surface area contributed by atoms with Crippen LogP contribution in [0.1, 0.15) is 18.9 Å². The van der Waals surface area contributed by atoms with Gasteiger partial charge in [0.05, 0.1) is 0 Å². The molecule has 0 radical (unpaired) electrons. The highest BCUT2D eigenvalue weighted by Crippen LogP contribution is 2.25. The van der Waals surface area contributed by atoms with Crippen LogP contribution in [0.3, 0.4) is 0 Å². The number of aromatic nitrogens is 1. The Hall–Kier alpha value is -2.00. The lowest BCUT2D eigenvalue weighted by Gasteiger charge is -2.10. The molecular formula is C15H12ClNO2. The fourth-order valence-corrected chi connectivity index (χ4v) is 1.96. The molecule has 1 unspecified atom stereocenters. The number of benzene rings is 2. The fraction of sp³-hybridized carbons (Fsp3) is 0.133. The first-order chi connectivity index (χ1) is 9.22. The second kappa shape index (κ2) is 4.94. The van der Waals surface area contributed by atoms with Gasteiger partial charge in [-0.25, -0.2) is 4.98 Å². The summed E-state index contributed by atoms with van der Waals surface area (Å²) in [6.45, 7) is 1.90. The molecule has 0 amide bonds. The van der Waals surface area contributed by atoms with Crippen molar-refractivity contribution in [2.45, 2.75) is 13.0 Å². The topological polar surface area (TPSA) is 35.3 Å². The number of halogens is 1. The van der Waals surface area contributed by atoms with Crippen LogP contribution in [0.5, 0.6) is 5.75 Å². The molecule has 0 saturated heterocycles. The van der Waals surface area contributed by atoms with Crippen molar-refractivity contribution in [3.05, 3.63) is 59.4 Å². The lowest BCUT2D eigenvalue weighted by molar-refractivity contribution is 0.191. The zero-order valence-electron chi connectivity index (χ0n) is 10.3. The number of hydrogen-bond donors (Lipinski definition) is 0. The Kier molecular flexibility index (Phi) is 3.13. The summed E-state index contributed by atoms with van der Waals surface area (Å²) >= 11 is 5.83. The van der Waals surface area contributed by atoms with Gasteiger partial charge in [0.25, 0.3) is 0 Å². The van der Waals surface area contributed by atoms with Crippen molar-refractivity contribution in [3.63, 3.8) is 0 Å². The monoisotopic (exact) mass is 273 g/mol. The van der Waals surface area contributed by atoms with Gasteiger partial charge in [-0.2, -0.15) is 0 Å². The Labute approximate surface area is 115 Å². The molecule has 3 nitrogen and oxygen atoms in total. The normalized spacial score (nSPS) is 12.5. The maximum atomic E-state index is 5.83. The Balaban J connectivity index is 1.83. The molecule has 0 N–H and O–H groups in total. The summed E-state index contributed by atoms with van der Waals surface area (Å²) in [6.07, 6.45) is -0.256. The van der Waals surface area contributed by atoms with E-state index in [1.807, 2.05) is 43.3 Å². The minimum atomic E-state index is -0.256. The molecule has 0 aliphatic rings. The number of oxazole rings is 1. The minimum absolute atomic E-state index is 0.256. The summed E-state index contributed by atoms with van der Waals surface area (Å²) in [7, 11) is 0. The van der Waals surface area contributed by atoms with Gasteiger partial charge < -0.3 is 9.15 Å². The maximum Gasteiger partial charge on any atom is 0.236 e. The first-order valence-electron chi connectivity index (χ1n) is 6.00. The van der Waals surface area contributed by atoms with E-state index in [1.54, 1.807) is 12.1 Å². The van der Waals surface area contributed by atoms with Crippen molar-refractivity contribution in [3.8, 4) is 5.75 Å². The zero-order chi connectivity index (χ0) is 13.2. The van der Waals surface area contributed by atoms with Gasteiger partial charge in [-0.15, -0.1) is 0 Å². The van der Waals surface area contributed by atoms with Crippen LogP contribution in [-0.4, -0.2) is 4.98 Å². The largest absolute Gasteiger partial charge is 0.481 e. The molecule has 1 aromatic heterocycles. The Bertz CT molecular complexity index is 658. The van der Waals surface area contributed by atoms with Gasteiger partial charge in [-0.1, -0.05) is 23.7 Å². The van der Waals surface area contributed by atoms with Gasteiger partial charge in [0.15, 0.2) is 11.7 Å². The summed E-state index contributed by atoms with van der Waals surface area (Å²) in [5.74, 6) is 1.30. The molecule has 2 aromatic carbocycles. The highest BCUT2D eigenvalue weighted by molar-refractivity contribution is 6.30. The third-order valence-corrected chi connectivity index (χ3v) is 3.04. The third-order valence-electron chi connectivity index (χ3n) is 2.78. The van der Waals surface area contributed by atoms with E-state index in [0.717, 1.165) is 16.8 Å². The van der Waals surface area contributed by atoms with Crippen LogP contribution in [0.25, 0.3) is 11.1 Å². The summed E-state index contributed by atoms with van der Waals surface area (Å²) in [5.41, 5.74) is 1.60. The Morgan fingerprint density at radius 3 is 2.58 bits per heavy atom. The van der Waals surface area contributed by atoms with Crippen molar-refractivity contribution in [2.75, 3.05) is 0 Å². The van der Waals surface area contributed by atoms with Gasteiger partial charge in [0, 0.05) is 5.02 Å². The van der Waals surface area contributed by atoms with Gasteiger partial charge in [0.1, 0.15) is 11.3 Å². The minimum Gasteiger partial charge on any atom is -0.481 e. The summed E-state index contributed by atoms with van der Waals surface area (Å²) in [6, 6.07) is 14.9. The van der Waals surface area contributed by atoms with Crippen LogP contribution >= 0.6 is 11.6 Å². The van der Waals surface area contributed by atoms with Crippen molar-refractivity contribution >= 4 is 22.7 Å². The number of nitrogens with zero attached hydrogens (tertiary/aromatic N) is 1. The molecular weight excluding hydrogens is 262 g/mol. The summed E-state index contributed by atoms with van der Waals surface area (Å²) < 4.78 is 11.4. The molecule has 0 fully saturated rings. The number of rotatable bonds is 3. The van der Waals surface area contributed by atoms with Crippen LogP contribution in [-0.2, 0) is 0 Å². The van der Waals surface area contributed by atoms with E-state index < -0.39 is 0 Å². The van der Waals surface area contributed by atoms with E-state index in [4.69, 9.17) is 20.8 Å². The number of ether oxygens (including phenoxy) is 1. The highest BCUT2D eigenvalue weighted by atomic mass is 35.5. The molecule has 0 saturated carbocycles. The zero-order valence-corrected chi connectivity index (χ0v) is 11.1. The fourth-order valence-electron chi connectivity index (χ4n) is 1.83. The van der Waals surface area contributed by atoms with Gasteiger partial charge in [0.2, 0.25) is 5.89 Å². The molecule has 0 spiro atoms. The van der Waals surface area contributed by atoms with Crippen molar-refractivity contribution in [2.24, 2.45) is 0 Å². The molecule has 1 atom stereocenters. The SMILES string of the molecule is CC(Oc1ccc(Cl)cc1)c1nc2ccccc2o1. The van der Waals surface area contributed by atoms with Crippen molar-refractivity contribution in [1.82, 2.24) is 4.98 Å². The van der Waals surface area contributed by atoms with E-state index in [0.29, 0.717) is 10.9 Å². The van der Waals surface area contributed by atoms with E-state index >= 15 is 0 Å². The smallest absolute Gasteiger partial charge is 0.236 e. The molecule has 4 heteroatoms. The molecule has 1 heterocycles. The van der Waals surface area contributed by atoms with E-state index in [9.17, 15) is 0 Å². The van der Waals surface area contributed by atoms with E-state index in [-0.39, 0.29) is 6.10 Å². The predicted molar refractivity (Wildman–Crippen MR) is 74.5 cm³/mol. The van der Waals surface area contributed by atoms with Gasteiger partial charge >= 0.3 is 0 Å². The van der Waals surface area contributed by atoms with Crippen LogP contribution in [0.2, 0.25) is 5.02 Å². The van der Waals surface area contributed by atoms with E-state index in [1.165, 1.54) is 0 Å². The predicted octanol–water partition coefficient (Wildman–Crippen LogP) is 4.62. The lowest BCUT2D eigenvalue weighted by Crippen LogP contribution is -2.03. The van der Waals surface area contributed by atoms with Crippen LogP contribution in [0.4, 0.5) is 0 Å². The molecule has 0 aliphatic carbocycles. The Morgan fingerprint density at radius 2 is 1.84 bits per heavy atom. The third kappa shape index (κ3) is 2.56. The number of para-hydroxylation sites is 2. The average molecular weight is 274 g/mol. The molecule has 3 aromatic rings. The molecule has 0 aliphatic heterocycles. The second-order valence-electron chi connectivity index (χ2n) is 4.23. The second-order valence-corrected chi connectivity index (χ2v) is 4.67. The van der Waals surface area contributed by atoms with E-state index in [2.05, 4.69) is 4.98 Å². The van der Waals surface area contributed by atoms with Crippen LogP contribution in [0.15, 0.2) is 52.9 Å². The average Bonchev–Trinajstić information content (AvgIpc) is 2.85. The first-order valence-corrected chi connectivity index (χ1v) is 6.38. The highest BCUT2D eigenvalue weighted by Gasteiger charge is 2.14. The van der Waals surface area contributed by atoms with Crippen LogP contribution < -0.4 is 4.74 Å². The van der Waals surface area contributed by atoms with Gasteiger partial charge in [-0.05, 0) is 43.3 Å². The molecule has 19 heavy (non-hydrogen) atoms. The molecule has 96 valence electrons. The summed E-state index contributed by atoms with van der Waals surface area (Å²) in [4.78, 5) is 4.41. The number of fused-ring (bicyclic) bond motifs is 1. The van der Waals surface area contributed by atoms with Crippen molar-refractivity contribution < 1.29 is 9.15 Å². The van der Waals surface area contributed by atoms with Crippen molar-refractivity contribution in [1.29, 1.82) is 0 Å². The lowest BCUT2D eigenvalue weighted by atomic mass is 10.3.